The summed E-state index contributed by atoms with van der Waals surface area (Å²) in [6.45, 7) is 11.4. The summed E-state index contributed by atoms with van der Waals surface area (Å²) >= 11 is 0. The molecule has 0 saturated carbocycles. The van der Waals surface area contributed by atoms with Gasteiger partial charge in [-0.2, -0.15) is 0 Å². The first-order valence-corrected chi connectivity index (χ1v) is 5.98. The molecule has 7 heteroatoms. The molecule has 0 atom stereocenters. The average Bonchev–Trinajstić information content (AvgIpc) is 2.43. The van der Waals surface area contributed by atoms with Crippen molar-refractivity contribution in [3.05, 3.63) is 0 Å². The fourth-order valence-electron chi connectivity index (χ4n) is 1.54. The van der Waals surface area contributed by atoms with E-state index in [9.17, 15) is 0 Å². The molecular weight excluding hydrogens is 224 g/mol. The highest BCUT2D eigenvalue weighted by atomic mass is 35.7. The fraction of sp³-hybridized carbons (Fsp3) is 0.875. The maximum Gasteiger partial charge on any atom is 0.243 e. The maximum absolute atomic E-state index is 8.49. The van der Waals surface area contributed by atoms with E-state index in [2.05, 4.69) is 30.2 Å². The molecule has 0 amide bonds. The maximum atomic E-state index is 8.49. The van der Waals surface area contributed by atoms with Crippen molar-refractivity contribution in [3.63, 3.8) is 0 Å². The van der Waals surface area contributed by atoms with Crippen LogP contribution in [0.1, 0.15) is 20.8 Å². The molecule has 1 aliphatic heterocycles. The third-order valence-electron chi connectivity index (χ3n) is 2.32. The van der Waals surface area contributed by atoms with Gasteiger partial charge in [-0.25, -0.2) is 18.6 Å². The second-order valence-corrected chi connectivity index (χ2v) is 3.84. The Bertz CT molecular complexity index is 221. The Morgan fingerprint density at radius 2 is 1.73 bits per heavy atom. The van der Waals surface area contributed by atoms with E-state index >= 15 is 0 Å². The largest absolute Gasteiger partial charge is 0.262 e. The van der Waals surface area contributed by atoms with E-state index in [0.717, 1.165) is 13.1 Å². The lowest BCUT2D eigenvalue weighted by molar-refractivity contribution is -2.00. The van der Waals surface area contributed by atoms with E-state index in [0.29, 0.717) is 0 Å². The van der Waals surface area contributed by atoms with E-state index in [1.807, 2.05) is 0 Å². The zero-order chi connectivity index (χ0) is 12.1. The van der Waals surface area contributed by atoms with Gasteiger partial charge in [0.05, 0.1) is 13.1 Å². The molecule has 1 heterocycles. The van der Waals surface area contributed by atoms with Crippen LogP contribution < -0.4 is 18.6 Å². The zero-order valence-corrected chi connectivity index (χ0v) is 9.99. The molecular formula is C8H17ClN2O4. The number of likely N-dealkylation sites (N-methyl/N-ethyl adjacent to an activating group) is 2. The summed E-state index contributed by atoms with van der Waals surface area (Å²) in [6.07, 6.45) is 0. The highest BCUT2D eigenvalue weighted by Gasteiger charge is 2.22. The summed E-state index contributed by atoms with van der Waals surface area (Å²) in [4.78, 5) is 2.42. The monoisotopic (exact) mass is 240 g/mol. The Balaban J connectivity index is 0.000000336. The van der Waals surface area contributed by atoms with Crippen molar-refractivity contribution in [2.24, 2.45) is 0 Å². The summed E-state index contributed by atoms with van der Waals surface area (Å²) in [5, 5.41) is 0. The molecule has 0 aromatic carbocycles. The van der Waals surface area contributed by atoms with Gasteiger partial charge in [-0.15, -0.1) is 10.2 Å². The second kappa shape index (κ2) is 6.24. The lowest BCUT2D eigenvalue weighted by atomic mass is 10.5. The van der Waals surface area contributed by atoms with Crippen LogP contribution in [0.2, 0.25) is 0 Å². The van der Waals surface area contributed by atoms with Gasteiger partial charge in [0.25, 0.3) is 0 Å². The Kier molecular flexibility index (Phi) is 6.07. The Morgan fingerprint density at radius 3 is 1.93 bits per heavy atom. The zero-order valence-electron chi connectivity index (χ0n) is 9.23. The smallest absolute Gasteiger partial charge is 0.243 e. The summed E-state index contributed by atoms with van der Waals surface area (Å²) < 4.78 is 36.4. The van der Waals surface area contributed by atoms with Crippen LogP contribution >= 0.6 is 0 Å². The van der Waals surface area contributed by atoms with Crippen molar-refractivity contribution in [2.45, 2.75) is 20.8 Å². The van der Waals surface area contributed by atoms with Gasteiger partial charge in [0.2, 0.25) is 5.84 Å². The van der Waals surface area contributed by atoms with Gasteiger partial charge in [-0.1, -0.05) is 0 Å². The minimum atomic E-state index is -4.94. The highest BCUT2D eigenvalue weighted by molar-refractivity contribution is 5.75. The molecule has 6 nitrogen and oxygen atoms in total. The molecule has 0 radical (unpaired) electrons. The standard InChI is InChI=1S/C8H17N2.ClHO4/c1-4-9-6-7-10(5-2)8(9)3;2-1(3,4)5/h4-7H2,1-3H3;(H,2,3,4,5)/q+1;/p-1. The summed E-state index contributed by atoms with van der Waals surface area (Å²) in [5.41, 5.74) is 0. The number of hydrogen-bond acceptors (Lipinski definition) is 5. The van der Waals surface area contributed by atoms with Gasteiger partial charge in [-0.3, -0.25) is 9.48 Å². The number of amidine groups is 1. The number of nitrogens with zero attached hydrogens (tertiary/aromatic N) is 2. The Labute approximate surface area is 91.8 Å². The molecule has 90 valence electrons. The van der Waals surface area contributed by atoms with Gasteiger partial charge >= 0.3 is 0 Å². The first kappa shape index (κ1) is 14.6. The molecule has 1 aliphatic rings. The Morgan fingerprint density at radius 1 is 1.27 bits per heavy atom. The van der Waals surface area contributed by atoms with E-state index in [1.54, 1.807) is 0 Å². The number of halogens is 1. The van der Waals surface area contributed by atoms with Crippen LogP contribution in [0.15, 0.2) is 0 Å². The predicted molar refractivity (Wildman–Crippen MR) is 43.6 cm³/mol. The molecule has 0 saturated heterocycles. The van der Waals surface area contributed by atoms with Gasteiger partial charge in [0.15, 0.2) is 0 Å². The SMILES string of the molecule is CCN1CC[N+](CC)=C1C.[O-][Cl+3]([O-])([O-])[O-]. The van der Waals surface area contributed by atoms with Crippen LogP contribution in [0, 0.1) is 10.2 Å². The first-order valence-electron chi connectivity index (χ1n) is 4.74. The van der Waals surface area contributed by atoms with Gasteiger partial charge in [0.1, 0.15) is 13.1 Å². The molecule has 0 bridgehead atoms. The molecule has 15 heavy (non-hydrogen) atoms. The highest BCUT2D eigenvalue weighted by Crippen LogP contribution is 1.99. The van der Waals surface area contributed by atoms with Gasteiger partial charge < -0.3 is 0 Å². The molecule has 0 unspecified atom stereocenters. The van der Waals surface area contributed by atoms with E-state index in [4.69, 9.17) is 18.6 Å². The third-order valence-corrected chi connectivity index (χ3v) is 2.32. The van der Waals surface area contributed by atoms with Crippen LogP contribution in [0.3, 0.4) is 0 Å². The molecule has 0 fully saturated rings. The number of hydrogen-bond donors (Lipinski definition) is 0. The Hall–Kier alpha value is -0.400. The van der Waals surface area contributed by atoms with Crippen molar-refractivity contribution >= 4 is 5.84 Å². The van der Waals surface area contributed by atoms with Crippen molar-refractivity contribution in [1.82, 2.24) is 4.90 Å². The summed E-state index contributed by atoms with van der Waals surface area (Å²) in [5.74, 6) is 1.45. The number of rotatable bonds is 2. The topological polar surface area (TPSA) is 98.5 Å². The van der Waals surface area contributed by atoms with Crippen LogP contribution in [-0.2, 0) is 0 Å². The first-order chi connectivity index (χ1) is 6.79. The van der Waals surface area contributed by atoms with Crippen molar-refractivity contribution in [1.29, 1.82) is 0 Å². The lowest BCUT2D eigenvalue weighted by Gasteiger charge is -2.17. The molecule has 0 aromatic rings. The van der Waals surface area contributed by atoms with E-state index in [-0.39, 0.29) is 0 Å². The van der Waals surface area contributed by atoms with Gasteiger partial charge in [-0.05, 0) is 13.8 Å². The molecule has 0 aliphatic carbocycles. The van der Waals surface area contributed by atoms with Crippen LogP contribution in [-0.4, -0.2) is 41.5 Å². The van der Waals surface area contributed by atoms with Crippen molar-refractivity contribution < 1.29 is 33.5 Å². The second-order valence-electron chi connectivity index (χ2n) is 3.08. The van der Waals surface area contributed by atoms with E-state index < -0.39 is 10.2 Å². The third kappa shape index (κ3) is 6.64. The average molecular weight is 241 g/mol. The summed E-state index contributed by atoms with van der Waals surface area (Å²) in [7, 11) is -4.94. The normalized spacial score (nSPS) is 16.6. The fourth-order valence-corrected chi connectivity index (χ4v) is 1.54. The van der Waals surface area contributed by atoms with E-state index in [1.165, 1.54) is 18.9 Å². The van der Waals surface area contributed by atoms with Crippen LogP contribution in [0.5, 0.6) is 0 Å². The van der Waals surface area contributed by atoms with Crippen LogP contribution in [0.4, 0.5) is 0 Å². The summed E-state index contributed by atoms with van der Waals surface area (Å²) in [6, 6.07) is 0. The molecule has 1 rings (SSSR count). The van der Waals surface area contributed by atoms with Crippen molar-refractivity contribution in [3.8, 4) is 0 Å². The predicted octanol–water partition coefficient (Wildman–Crippen LogP) is -3.98. The molecule has 0 aromatic heterocycles. The van der Waals surface area contributed by atoms with Gasteiger partial charge in [0, 0.05) is 6.92 Å². The minimum Gasteiger partial charge on any atom is -0.262 e. The quantitative estimate of drug-likeness (QED) is 0.459. The molecule has 0 spiro atoms. The van der Waals surface area contributed by atoms with Crippen molar-refractivity contribution in [2.75, 3.05) is 26.2 Å². The lowest BCUT2D eigenvalue weighted by Crippen LogP contribution is -2.68. The molecule has 0 N–H and O–H groups in total. The minimum absolute atomic E-state index is 1.16. The van der Waals surface area contributed by atoms with Crippen LogP contribution in [0.25, 0.3) is 0 Å².